The second-order valence-electron chi connectivity index (χ2n) is 8.22. The van der Waals surface area contributed by atoms with Crippen LogP contribution in [0.4, 0.5) is 0 Å². The normalized spacial score (nSPS) is 19.3. The van der Waals surface area contributed by atoms with E-state index in [4.69, 9.17) is 0 Å². The topological polar surface area (TPSA) is 55.2 Å². The van der Waals surface area contributed by atoms with E-state index in [0.29, 0.717) is 12.3 Å². The van der Waals surface area contributed by atoms with Crippen LogP contribution in [0.1, 0.15) is 60.3 Å². The van der Waals surface area contributed by atoms with E-state index in [2.05, 4.69) is 62.1 Å². The summed E-state index contributed by atoms with van der Waals surface area (Å²) in [6.07, 6.45) is 0.668. The van der Waals surface area contributed by atoms with Crippen LogP contribution >= 0.6 is 0 Å². The molecule has 0 aliphatic carbocycles. The number of nitrogens with zero attached hydrogens (tertiary/aromatic N) is 3. The molecule has 2 heterocycles. The molecule has 0 bridgehead atoms. The lowest BCUT2D eigenvalue weighted by Crippen LogP contribution is -2.19. The second kappa shape index (κ2) is 7.76. The van der Waals surface area contributed by atoms with Gasteiger partial charge in [0, 0.05) is 24.3 Å². The van der Waals surface area contributed by atoms with E-state index in [-0.39, 0.29) is 17.5 Å². The zero-order valence-corrected chi connectivity index (χ0v) is 17.9. The lowest BCUT2D eigenvalue weighted by molar-refractivity contribution is 0.317. The summed E-state index contributed by atoms with van der Waals surface area (Å²) in [5.41, 5.74) is 5.96. The largest absolute Gasteiger partial charge is 0.298 e. The minimum Gasteiger partial charge on any atom is -0.298 e. The molecule has 2 aromatic rings. The van der Waals surface area contributed by atoms with Crippen molar-refractivity contribution in [3.05, 3.63) is 52.3 Å². The number of aryl methyl sites for hydroxylation is 1. The fourth-order valence-electron chi connectivity index (χ4n) is 3.90. The van der Waals surface area contributed by atoms with E-state index in [1.807, 2.05) is 11.6 Å². The Morgan fingerprint density at radius 1 is 1.19 bits per heavy atom. The number of benzene rings is 1. The lowest BCUT2D eigenvalue weighted by Gasteiger charge is -2.18. The Labute approximate surface area is 163 Å². The van der Waals surface area contributed by atoms with Crippen LogP contribution in [0.2, 0.25) is 0 Å². The molecule has 6 heteroatoms. The van der Waals surface area contributed by atoms with Crippen LogP contribution < -0.4 is 0 Å². The Morgan fingerprint density at radius 3 is 2.41 bits per heavy atom. The molecule has 148 valence electrons. The van der Waals surface area contributed by atoms with E-state index in [1.54, 1.807) is 0 Å². The van der Waals surface area contributed by atoms with Gasteiger partial charge in [-0.2, -0.15) is 5.10 Å². The summed E-state index contributed by atoms with van der Waals surface area (Å²) < 4.78 is 25.6. The Morgan fingerprint density at radius 2 is 1.85 bits per heavy atom. The number of rotatable bonds is 6. The van der Waals surface area contributed by atoms with Crippen LogP contribution in [0.15, 0.2) is 24.3 Å². The van der Waals surface area contributed by atoms with Crippen LogP contribution in [-0.4, -0.2) is 41.7 Å². The van der Waals surface area contributed by atoms with Gasteiger partial charge in [-0.25, -0.2) is 8.42 Å². The first-order valence-corrected chi connectivity index (χ1v) is 11.5. The first kappa shape index (κ1) is 20.1. The molecule has 1 aliphatic rings. The molecule has 0 unspecified atom stereocenters. The zero-order chi connectivity index (χ0) is 19.8. The highest BCUT2D eigenvalue weighted by molar-refractivity contribution is 7.91. The van der Waals surface area contributed by atoms with Crippen LogP contribution in [0.3, 0.4) is 0 Å². The summed E-state index contributed by atoms with van der Waals surface area (Å²) in [7, 11) is -0.791. The van der Waals surface area contributed by atoms with Gasteiger partial charge >= 0.3 is 0 Å². The summed E-state index contributed by atoms with van der Waals surface area (Å²) in [6, 6.07) is 8.82. The molecular formula is C21H31N3O2S. The zero-order valence-electron chi connectivity index (χ0n) is 17.1. The van der Waals surface area contributed by atoms with Gasteiger partial charge in [0.2, 0.25) is 0 Å². The molecule has 1 aromatic carbocycles. The molecule has 0 saturated carbocycles. The Kier molecular flexibility index (Phi) is 5.77. The van der Waals surface area contributed by atoms with E-state index in [0.717, 1.165) is 24.5 Å². The molecule has 5 nitrogen and oxygen atoms in total. The van der Waals surface area contributed by atoms with Gasteiger partial charge in [0.15, 0.2) is 9.84 Å². The van der Waals surface area contributed by atoms with Gasteiger partial charge in [0.05, 0.1) is 23.2 Å². The maximum absolute atomic E-state index is 11.8. The molecule has 1 aromatic heterocycles. The monoisotopic (exact) mass is 389 g/mol. The van der Waals surface area contributed by atoms with E-state index >= 15 is 0 Å². The number of sulfone groups is 1. The van der Waals surface area contributed by atoms with Crippen LogP contribution in [0.5, 0.6) is 0 Å². The summed E-state index contributed by atoms with van der Waals surface area (Å²) >= 11 is 0. The standard InChI is InChI=1S/C21H31N3O2S/c1-15(2)19-8-6-18(7-9-19)12-23(5)13-21-16(3)22-24(17(21)4)20-10-11-27(25,26)14-20/h6-9,15,20H,10-14H2,1-5H3/t20-/m1/s1. The third-order valence-electron chi connectivity index (χ3n) is 5.56. The predicted molar refractivity (Wildman–Crippen MR) is 110 cm³/mol. The highest BCUT2D eigenvalue weighted by Crippen LogP contribution is 2.27. The first-order chi connectivity index (χ1) is 12.7. The third-order valence-corrected chi connectivity index (χ3v) is 7.31. The van der Waals surface area contributed by atoms with Gasteiger partial charge in [-0.3, -0.25) is 9.58 Å². The van der Waals surface area contributed by atoms with Gasteiger partial charge in [0.1, 0.15) is 0 Å². The van der Waals surface area contributed by atoms with Crippen LogP contribution in [0, 0.1) is 13.8 Å². The minimum atomic E-state index is -2.91. The van der Waals surface area contributed by atoms with Gasteiger partial charge in [-0.05, 0) is 44.4 Å². The minimum absolute atomic E-state index is 0.0173. The Bertz CT molecular complexity index is 898. The number of hydrogen-bond donors (Lipinski definition) is 0. The van der Waals surface area contributed by atoms with Crippen molar-refractivity contribution >= 4 is 9.84 Å². The van der Waals surface area contributed by atoms with Crippen LogP contribution in [0.25, 0.3) is 0 Å². The molecule has 1 fully saturated rings. The summed E-state index contributed by atoms with van der Waals surface area (Å²) in [6.45, 7) is 10.2. The predicted octanol–water partition coefficient (Wildman–Crippen LogP) is 3.61. The van der Waals surface area contributed by atoms with Gasteiger partial charge in [-0.15, -0.1) is 0 Å². The van der Waals surface area contributed by atoms with Gasteiger partial charge in [0.25, 0.3) is 0 Å². The number of aromatic nitrogens is 2. The van der Waals surface area contributed by atoms with Crippen molar-refractivity contribution < 1.29 is 8.42 Å². The quantitative estimate of drug-likeness (QED) is 0.757. The maximum Gasteiger partial charge on any atom is 0.152 e. The SMILES string of the molecule is Cc1nn([C@@H]2CCS(=O)(=O)C2)c(C)c1CN(C)Cc1ccc(C(C)C)cc1. The molecule has 0 amide bonds. The van der Waals surface area contributed by atoms with Crippen molar-refractivity contribution in [1.82, 2.24) is 14.7 Å². The Hall–Kier alpha value is -1.66. The molecule has 1 atom stereocenters. The van der Waals surface area contributed by atoms with Gasteiger partial charge in [-0.1, -0.05) is 38.1 Å². The van der Waals surface area contributed by atoms with Crippen molar-refractivity contribution in [2.75, 3.05) is 18.6 Å². The third kappa shape index (κ3) is 4.61. The summed E-state index contributed by atoms with van der Waals surface area (Å²) in [5, 5.41) is 4.67. The van der Waals surface area contributed by atoms with E-state index in [9.17, 15) is 8.42 Å². The summed E-state index contributed by atoms with van der Waals surface area (Å²) in [4.78, 5) is 2.29. The molecule has 3 rings (SSSR count). The second-order valence-corrected chi connectivity index (χ2v) is 10.4. The van der Waals surface area contributed by atoms with Crippen molar-refractivity contribution in [3.63, 3.8) is 0 Å². The smallest absolute Gasteiger partial charge is 0.152 e. The van der Waals surface area contributed by atoms with E-state index in [1.165, 1.54) is 16.7 Å². The molecule has 0 spiro atoms. The molecule has 27 heavy (non-hydrogen) atoms. The molecule has 1 saturated heterocycles. The molecule has 0 radical (unpaired) electrons. The molecular weight excluding hydrogens is 358 g/mol. The highest BCUT2D eigenvalue weighted by Gasteiger charge is 2.31. The first-order valence-electron chi connectivity index (χ1n) is 9.68. The van der Waals surface area contributed by atoms with Crippen molar-refractivity contribution in [2.24, 2.45) is 0 Å². The molecule has 0 N–H and O–H groups in total. The summed E-state index contributed by atoms with van der Waals surface area (Å²) in [5.74, 6) is 1.04. The lowest BCUT2D eigenvalue weighted by atomic mass is 10.0. The van der Waals surface area contributed by atoms with Crippen molar-refractivity contribution in [3.8, 4) is 0 Å². The highest BCUT2D eigenvalue weighted by atomic mass is 32.2. The number of hydrogen-bond acceptors (Lipinski definition) is 4. The average molecular weight is 390 g/mol. The molecule has 1 aliphatic heterocycles. The Balaban J connectivity index is 1.70. The maximum atomic E-state index is 11.8. The van der Waals surface area contributed by atoms with Crippen molar-refractivity contribution in [2.45, 2.75) is 59.2 Å². The average Bonchev–Trinajstić information content (AvgIpc) is 3.09. The fraction of sp³-hybridized carbons (Fsp3) is 0.571. The van der Waals surface area contributed by atoms with Crippen LogP contribution in [-0.2, 0) is 22.9 Å². The van der Waals surface area contributed by atoms with E-state index < -0.39 is 9.84 Å². The fourth-order valence-corrected chi connectivity index (χ4v) is 5.59. The van der Waals surface area contributed by atoms with Gasteiger partial charge < -0.3 is 0 Å². The van der Waals surface area contributed by atoms with Crippen molar-refractivity contribution in [1.29, 1.82) is 0 Å².